The third-order valence-electron chi connectivity index (χ3n) is 9.81. The van der Waals surface area contributed by atoms with Gasteiger partial charge >= 0.3 is 0 Å². The fourth-order valence-electron chi connectivity index (χ4n) is 7.34. The van der Waals surface area contributed by atoms with Crippen LogP contribution in [0.3, 0.4) is 0 Å². The summed E-state index contributed by atoms with van der Waals surface area (Å²) in [5.41, 5.74) is 6.90. The highest BCUT2D eigenvalue weighted by molar-refractivity contribution is 6.16. The molecule has 0 atom stereocenters. The number of methoxy groups -OCH3 is 2. The quantitative estimate of drug-likeness (QED) is 0.114. The van der Waals surface area contributed by atoms with Gasteiger partial charge in [-0.05, 0) is 54.1 Å². The van der Waals surface area contributed by atoms with Crippen LogP contribution in [0.2, 0.25) is 0 Å². The number of pyridine rings is 3. The number of ether oxygens (including phenoxy) is 4. The summed E-state index contributed by atoms with van der Waals surface area (Å²) in [7, 11) is 6.26. The summed E-state index contributed by atoms with van der Waals surface area (Å²) in [6, 6.07) is 21.5. The average molecular weight is 768 g/mol. The van der Waals surface area contributed by atoms with E-state index < -0.39 is 0 Å². The van der Waals surface area contributed by atoms with Gasteiger partial charge in [0.25, 0.3) is 11.8 Å². The van der Waals surface area contributed by atoms with Crippen LogP contribution in [0.1, 0.15) is 43.4 Å². The number of H-pyrrole nitrogens is 1. The van der Waals surface area contributed by atoms with Gasteiger partial charge in [0, 0.05) is 55.6 Å². The molecule has 3 N–H and O–H groups in total. The second-order valence-electron chi connectivity index (χ2n) is 13.2. The van der Waals surface area contributed by atoms with Crippen molar-refractivity contribution in [3.05, 3.63) is 131 Å². The maximum Gasteiger partial charge on any atom is 0.270 e. The number of nitrogens with zero attached hydrogens (tertiary/aromatic N) is 4. The van der Waals surface area contributed by atoms with Gasteiger partial charge in [0.05, 0.1) is 70.6 Å². The van der Waals surface area contributed by atoms with Crippen molar-refractivity contribution in [2.75, 3.05) is 28.3 Å². The molecule has 5 aromatic heterocycles. The fraction of sp³-hybridized carbons (Fsp3) is 0.186. The van der Waals surface area contributed by atoms with Gasteiger partial charge in [-0.25, -0.2) is 14.4 Å². The van der Waals surface area contributed by atoms with E-state index in [0.717, 1.165) is 43.8 Å². The fourth-order valence-corrected chi connectivity index (χ4v) is 7.34. The van der Waals surface area contributed by atoms with E-state index in [2.05, 4.69) is 25.6 Å². The molecule has 0 aliphatic heterocycles. The van der Waals surface area contributed by atoms with Crippen molar-refractivity contribution >= 4 is 55.4 Å². The molecular formula is C43H38FN7O6. The number of halogens is 1. The van der Waals surface area contributed by atoms with E-state index in [0.29, 0.717) is 39.4 Å². The number of aromatic amines is 1. The Kier molecular flexibility index (Phi) is 10.2. The summed E-state index contributed by atoms with van der Waals surface area (Å²) < 4.78 is 40.0. The molecule has 0 aliphatic carbocycles. The lowest BCUT2D eigenvalue weighted by Gasteiger charge is -2.12. The Labute approximate surface area is 325 Å². The third kappa shape index (κ3) is 6.74. The molecule has 0 saturated heterocycles. The number of nitrogens with one attached hydrogen (secondary N) is 3. The Balaban J connectivity index is 1.19. The number of carbonyl (C=O) groups excluding carboxylic acids is 2. The number of aromatic nitrogens is 5. The van der Waals surface area contributed by atoms with Crippen molar-refractivity contribution in [3.8, 4) is 17.2 Å². The number of rotatable bonds is 13. The first-order valence-electron chi connectivity index (χ1n) is 18.1. The SMILES string of the molecule is CNC(=O)c1ncc2[nH]c3cccc(OCc4ccc(-n5c6cccc(OCc7cccc(F)c7)c6c6c(COC)c(C(=O)NC)ncc65)cn4)c3c2c1COC. The highest BCUT2D eigenvalue weighted by atomic mass is 19.1. The minimum absolute atomic E-state index is 0.110. The molecule has 8 aromatic rings. The van der Waals surface area contributed by atoms with Crippen LogP contribution in [0.25, 0.3) is 49.3 Å². The summed E-state index contributed by atoms with van der Waals surface area (Å²) in [6.45, 7) is 0.563. The van der Waals surface area contributed by atoms with E-state index in [9.17, 15) is 14.0 Å². The Morgan fingerprint density at radius 1 is 0.667 bits per heavy atom. The number of amides is 2. The number of benzene rings is 3. The van der Waals surface area contributed by atoms with Gasteiger partial charge in [-0.15, -0.1) is 0 Å². The van der Waals surface area contributed by atoms with Crippen molar-refractivity contribution in [2.24, 2.45) is 0 Å². The van der Waals surface area contributed by atoms with Crippen molar-refractivity contribution in [1.82, 2.24) is 35.1 Å². The molecule has 0 bridgehead atoms. The standard InChI is InChI=1S/C43H38FN7O6/c1-45-42(52)40-28(22-54-3)36-31(18-48-40)50-30-10-6-12-34(38(30)36)57-21-26-14-15-27(17-47-26)51-32-11-7-13-35(56-20-24-8-5-9-25(44)16-24)39(32)37-29(23-55-4)41(43(53)46-2)49-19-33(37)51/h5-19,50H,20-23H2,1-4H3,(H,45,52)(H,46,53). The second-order valence-corrected chi connectivity index (χ2v) is 13.2. The van der Waals surface area contributed by atoms with E-state index in [1.54, 1.807) is 59.0 Å². The van der Waals surface area contributed by atoms with Crippen LogP contribution in [0.4, 0.5) is 4.39 Å². The third-order valence-corrected chi connectivity index (χ3v) is 9.81. The van der Waals surface area contributed by atoms with E-state index >= 15 is 0 Å². The van der Waals surface area contributed by atoms with Gasteiger partial charge in [0.15, 0.2) is 0 Å². The van der Waals surface area contributed by atoms with Crippen molar-refractivity contribution in [3.63, 3.8) is 0 Å². The van der Waals surface area contributed by atoms with Crippen LogP contribution in [-0.2, 0) is 35.9 Å². The maximum atomic E-state index is 14.0. The number of hydrogen-bond acceptors (Lipinski definition) is 9. The molecule has 0 spiro atoms. The lowest BCUT2D eigenvalue weighted by atomic mass is 10.0. The zero-order chi connectivity index (χ0) is 39.6. The maximum absolute atomic E-state index is 14.0. The van der Waals surface area contributed by atoms with Crippen LogP contribution in [0.15, 0.2) is 91.4 Å². The molecule has 2 amide bonds. The molecule has 0 unspecified atom stereocenters. The van der Waals surface area contributed by atoms with E-state index in [-0.39, 0.29) is 55.4 Å². The zero-order valence-corrected chi connectivity index (χ0v) is 31.6. The van der Waals surface area contributed by atoms with Gasteiger partial charge in [-0.2, -0.15) is 0 Å². The molecule has 288 valence electrons. The Bertz CT molecular complexity index is 2820. The molecule has 3 aromatic carbocycles. The smallest absolute Gasteiger partial charge is 0.270 e. The predicted molar refractivity (Wildman–Crippen MR) is 213 cm³/mol. The molecule has 0 radical (unpaired) electrons. The minimum atomic E-state index is -0.351. The Hall–Kier alpha value is -6.90. The number of hydrogen-bond donors (Lipinski definition) is 3. The van der Waals surface area contributed by atoms with Crippen molar-refractivity contribution in [1.29, 1.82) is 0 Å². The van der Waals surface area contributed by atoms with Crippen LogP contribution >= 0.6 is 0 Å². The lowest BCUT2D eigenvalue weighted by molar-refractivity contribution is 0.0945. The first kappa shape index (κ1) is 37.0. The number of carbonyl (C=O) groups is 2. The van der Waals surface area contributed by atoms with Crippen LogP contribution in [-0.4, -0.2) is 64.6 Å². The first-order valence-corrected chi connectivity index (χ1v) is 18.1. The molecule has 5 heterocycles. The molecule has 8 rings (SSSR count). The highest BCUT2D eigenvalue weighted by Gasteiger charge is 2.25. The van der Waals surface area contributed by atoms with Gasteiger partial charge in [-0.1, -0.05) is 24.3 Å². The topological polar surface area (TPSA) is 155 Å². The molecule has 0 aliphatic rings. The minimum Gasteiger partial charge on any atom is -0.488 e. The summed E-state index contributed by atoms with van der Waals surface area (Å²) >= 11 is 0. The Morgan fingerprint density at radius 2 is 1.33 bits per heavy atom. The molecule has 0 fully saturated rings. The average Bonchev–Trinajstić information content (AvgIpc) is 3.79. The second kappa shape index (κ2) is 15.7. The van der Waals surface area contributed by atoms with Crippen molar-refractivity contribution < 1.29 is 32.9 Å². The molecule has 14 heteroatoms. The van der Waals surface area contributed by atoms with Crippen molar-refractivity contribution in [2.45, 2.75) is 26.4 Å². The summed E-state index contributed by atoms with van der Waals surface area (Å²) in [6.07, 6.45) is 5.06. The van der Waals surface area contributed by atoms with Crippen LogP contribution < -0.4 is 20.1 Å². The zero-order valence-electron chi connectivity index (χ0n) is 31.6. The summed E-state index contributed by atoms with van der Waals surface area (Å²) in [5, 5.41) is 8.42. The van der Waals surface area contributed by atoms with E-state index in [1.165, 1.54) is 12.1 Å². The highest BCUT2D eigenvalue weighted by Crippen LogP contribution is 2.41. The van der Waals surface area contributed by atoms with Gasteiger partial charge in [0.2, 0.25) is 0 Å². The molecule has 13 nitrogen and oxygen atoms in total. The predicted octanol–water partition coefficient (Wildman–Crippen LogP) is 6.91. The largest absolute Gasteiger partial charge is 0.488 e. The number of fused-ring (bicyclic) bond motifs is 6. The first-order chi connectivity index (χ1) is 27.8. The molecule has 0 saturated carbocycles. The van der Waals surface area contributed by atoms with E-state index in [4.69, 9.17) is 23.9 Å². The lowest BCUT2D eigenvalue weighted by Crippen LogP contribution is -2.21. The van der Waals surface area contributed by atoms with E-state index in [1.807, 2.05) is 53.1 Å². The van der Waals surface area contributed by atoms with Gasteiger partial charge in [-0.3, -0.25) is 14.6 Å². The van der Waals surface area contributed by atoms with Gasteiger partial charge < -0.3 is 39.1 Å². The van der Waals surface area contributed by atoms with Crippen LogP contribution in [0.5, 0.6) is 11.5 Å². The summed E-state index contributed by atoms with van der Waals surface area (Å²) in [4.78, 5) is 43.0. The monoisotopic (exact) mass is 767 g/mol. The molecule has 57 heavy (non-hydrogen) atoms. The normalized spacial score (nSPS) is 11.5. The van der Waals surface area contributed by atoms with Crippen LogP contribution in [0, 0.1) is 5.82 Å². The molecular weight excluding hydrogens is 730 g/mol. The Morgan fingerprint density at radius 3 is 2.02 bits per heavy atom. The van der Waals surface area contributed by atoms with Gasteiger partial charge in [0.1, 0.15) is 41.9 Å². The summed E-state index contributed by atoms with van der Waals surface area (Å²) in [5.74, 6) is 0.137.